The third kappa shape index (κ3) is 4.99. The number of piperidine rings is 1. The van der Waals surface area contributed by atoms with Crippen molar-refractivity contribution in [3.8, 4) is 17.0 Å². The Labute approximate surface area is 181 Å². The molecule has 1 fully saturated rings. The topological polar surface area (TPSA) is 67.3 Å². The molecule has 1 amide bonds. The van der Waals surface area contributed by atoms with Crippen LogP contribution in [0.15, 0.2) is 60.9 Å². The van der Waals surface area contributed by atoms with Crippen molar-refractivity contribution < 1.29 is 13.9 Å². The summed E-state index contributed by atoms with van der Waals surface area (Å²) in [6.45, 7) is 3.92. The van der Waals surface area contributed by atoms with Crippen LogP contribution >= 0.6 is 0 Å². The number of anilines is 2. The Bertz CT molecular complexity index is 1030. The van der Waals surface area contributed by atoms with Crippen molar-refractivity contribution >= 4 is 17.4 Å². The van der Waals surface area contributed by atoms with Crippen molar-refractivity contribution in [3.63, 3.8) is 0 Å². The van der Waals surface area contributed by atoms with Crippen LogP contribution in [0.3, 0.4) is 0 Å². The maximum Gasteiger partial charge on any atom is 0.227 e. The highest BCUT2D eigenvalue weighted by molar-refractivity contribution is 5.94. The number of para-hydroxylation sites is 2. The molecule has 7 heteroatoms. The summed E-state index contributed by atoms with van der Waals surface area (Å²) in [6.07, 6.45) is 2.99. The molecule has 31 heavy (non-hydrogen) atoms. The van der Waals surface area contributed by atoms with Gasteiger partial charge in [0.05, 0.1) is 18.0 Å². The van der Waals surface area contributed by atoms with Gasteiger partial charge in [-0.15, -0.1) is 0 Å². The predicted molar refractivity (Wildman–Crippen MR) is 119 cm³/mol. The molecular weight excluding hydrogens is 395 g/mol. The lowest BCUT2D eigenvalue weighted by molar-refractivity contribution is -0.120. The maximum atomic E-state index is 13.2. The van der Waals surface area contributed by atoms with Crippen LogP contribution in [0.2, 0.25) is 0 Å². The second-order valence-electron chi connectivity index (χ2n) is 7.45. The summed E-state index contributed by atoms with van der Waals surface area (Å²) in [5.41, 5.74) is 2.29. The summed E-state index contributed by atoms with van der Waals surface area (Å²) >= 11 is 0. The summed E-state index contributed by atoms with van der Waals surface area (Å²) in [7, 11) is 0. The lowest BCUT2D eigenvalue weighted by Crippen LogP contribution is -2.38. The van der Waals surface area contributed by atoms with Crippen molar-refractivity contribution in [1.82, 2.24) is 9.97 Å². The number of ether oxygens (including phenoxy) is 1. The standard InChI is InChI=1S/C24H25FN4O2/c1-2-31-22-6-4-3-5-20(22)28-24(30)18-11-13-29(14-12-18)23-15-21(26-16-27-23)17-7-9-19(25)10-8-17/h3-10,15-16,18H,2,11-14H2,1H3,(H,28,30). The molecule has 1 saturated heterocycles. The fourth-order valence-electron chi connectivity index (χ4n) is 3.76. The van der Waals surface area contributed by atoms with Crippen LogP contribution in [0, 0.1) is 11.7 Å². The molecule has 2 heterocycles. The van der Waals surface area contributed by atoms with Crippen molar-refractivity contribution in [2.45, 2.75) is 19.8 Å². The lowest BCUT2D eigenvalue weighted by Gasteiger charge is -2.32. The summed E-state index contributed by atoms with van der Waals surface area (Å²) in [5.74, 6) is 1.17. The van der Waals surface area contributed by atoms with E-state index in [-0.39, 0.29) is 17.6 Å². The molecule has 6 nitrogen and oxygen atoms in total. The highest BCUT2D eigenvalue weighted by Crippen LogP contribution is 2.28. The van der Waals surface area contributed by atoms with E-state index in [1.807, 2.05) is 37.3 Å². The molecule has 1 aromatic heterocycles. The second-order valence-corrected chi connectivity index (χ2v) is 7.45. The van der Waals surface area contributed by atoms with Gasteiger partial charge >= 0.3 is 0 Å². The zero-order valence-corrected chi connectivity index (χ0v) is 17.4. The highest BCUT2D eigenvalue weighted by atomic mass is 19.1. The minimum absolute atomic E-state index is 0.0153. The van der Waals surface area contributed by atoms with E-state index in [0.29, 0.717) is 18.0 Å². The van der Waals surface area contributed by atoms with Gasteiger partial charge in [0, 0.05) is 30.6 Å². The van der Waals surface area contributed by atoms with E-state index >= 15 is 0 Å². The van der Waals surface area contributed by atoms with Gasteiger partial charge < -0.3 is 15.0 Å². The largest absolute Gasteiger partial charge is 0.492 e. The van der Waals surface area contributed by atoms with Gasteiger partial charge in [0.15, 0.2) is 0 Å². The Balaban J connectivity index is 1.38. The van der Waals surface area contributed by atoms with Crippen molar-refractivity contribution in [2.75, 3.05) is 29.9 Å². The number of hydrogen-bond donors (Lipinski definition) is 1. The zero-order valence-electron chi connectivity index (χ0n) is 17.4. The van der Waals surface area contributed by atoms with Crippen molar-refractivity contribution in [3.05, 3.63) is 66.7 Å². The van der Waals surface area contributed by atoms with E-state index in [2.05, 4.69) is 20.2 Å². The molecule has 0 aliphatic carbocycles. The smallest absolute Gasteiger partial charge is 0.227 e. The number of carbonyl (C=O) groups is 1. The fraction of sp³-hybridized carbons (Fsp3) is 0.292. The first-order chi connectivity index (χ1) is 15.1. The molecule has 3 aromatic rings. The Hall–Kier alpha value is -3.48. The predicted octanol–water partition coefficient (Wildman–Crippen LogP) is 4.54. The monoisotopic (exact) mass is 420 g/mol. The van der Waals surface area contributed by atoms with Gasteiger partial charge in [-0.05, 0) is 56.2 Å². The molecule has 0 saturated carbocycles. The third-order valence-electron chi connectivity index (χ3n) is 5.43. The fourth-order valence-corrected chi connectivity index (χ4v) is 3.76. The first-order valence-electron chi connectivity index (χ1n) is 10.5. The average molecular weight is 420 g/mol. The number of aromatic nitrogens is 2. The number of rotatable bonds is 6. The summed E-state index contributed by atoms with van der Waals surface area (Å²) in [6, 6.07) is 15.7. The molecule has 1 aliphatic heterocycles. The van der Waals surface area contributed by atoms with E-state index in [9.17, 15) is 9.18 Å². The van der Waals surface area contributed by atoms with E-state index in [1.54, 1.807) is 12.1 Å². The first-order valence-corrected chi connectivity index (χ1v) is 10.5. The quantitative estimate of drug-likeness (QED) is 0.634. The number of hydrogen-bond acceptors (Lipinski definition) is 5. The molecule has 0 spiro atoms. The number of nitrogens with zero attached hydrogens (tertiary/aromatic N) is 3. The number of benzene rings is 2. The Morgan fingerprint density at radius 3 is 2.61 bits per heavy atom. The SMILES string of the molecule is CCOc1ccccc1NC(=O)C1CCN(c2cc(-c3ccc(F)cc3)ncn2)CC1. The summed E-state index contributed by atoms with van der Waals surface area (Å²) < 4.78 is 18.8. The third-order valence-corrected chi connectivity index (χ3v) is 5.43. The Morgan fingerprint density at radius 1 is 1.13 bits per heavy atom. The molecule has 1 N–H and O–H groups in total. The zero-order chi connectivity index (χ0) is 21.6. The second kappa shape index (κ2) is 9.55. The average Bonchev–Trinajstić information content (AvgIpc) is 2.81. The highest BCUT2D eigenvalue weighted by Gasteiger charge is 2.26. The van der Waals surface area contributed by atoms with Gasteiger partial charge in [-0.2, -0.15) is 0 Å². The summed E-state index contributed by atoms with van der Waals surface area (Å²) in [4.78, 5) is 23.7. The number of nitrogens with one attached hydrogen (secondary N) is 1. The molecule has 0 bridgehead atoms. The van der Waals surface area contributed by atoms with E-state index in [0.717, 1.165) is 43.0 Å². The lowest BCUT2D eigenvalue weighted by atomic mass is 9.95. The minimum Gasteiger partial charge on any atom is -0.492 e. The van der Waals surface area contributed by atoms with Gasteiger partial charge in [0.25, 0.3) is 0 Å². The molecule has 160 valence electrons. The van der Waals surface area contributed by atoms with E-state index in [4.69, 9.17) is 4.74 Å². The van der Waals surface area contributed by atoms with Crippen LogP contribution in [-0.2, 0) is 4.79 Å². The summed E-state index contributed by atoms with van der Waals surface area (Å²) in [5, 5.41) is 3.02. The first kappa shape index (κ1) is 20.8. The molecule has 0 unspecified atom stereocenters. The van der Waals surface area contributed by atoms with Gasteiger partial charge in [-0.1, -0.05) is 12.1 Å². The van der Waals surface area contributed by atoms with Crippen molar-refractivity contribution in [2.24, 2.45) is 5.92 Å². The normalized spacial score (nSPS) is 14.3. The van der Waals surface area contributed by atoms with Crippen LogP contribution < -0.4 is 15.0 Å². The van der Waals surface area contributed by atoms with Crippen LogP contribution in [0.1, 0.15) is 19.8 Å². The molecule has 1 aliphatic rings. The van der Waals surface area contributed by atoms with Crippen LogP contribution in [0.25, 0.3) is 11.3 Å². The number of halogens is 1. The van der Waals surface area contributed by atoms with E-state index < -0.39 is 0 Å². The Morgan fingerprint density at radius 2 is 1.87 bits per heavy atom. The molecular formula is C24H25FN4O2. The molecule has 4 rings (SSSR count). The number of amides is 1. The molecule has 0 radical (unpaired) electrons. The van der Waals surface area contributed by atoms with Crippen LogP contribution in [0.4, 0.5) is 15.9 Å². The van der Waals surface area contributed by atoms with Gasteiger partial charge in [-0.25, -0.2) is 14.4 Å². The van der Waals surface area contributed by atoms with E-state index in [1.165, 1.54) is 18.5 Å². The van der Waals surface area contributed by atoms with Crippen LogP contribution in [0.5, 0.6) is 5.75 Å². The number of carbonyl (C=O) groups excluding carboxylic acids is 1. The molecule has 2 aromatic carbocycles. The maximum absolute atomic E-state index is 13.2. The van der Waals surface area contributed by atoms with Crippen molar-refractivity contribution in [1.29, 1.82) is 0 Å². The van der Waals surface area contributed by atoms with Gasteiger partial charge in [0.1, 0.15) is 23.7 Å². The Kier molecular flexibility index (Phi) is 6.40. The van der Waals surface area contributed by atoms with Gasteiger partial charge in [-0.3, -0.25) is 4.79 Å². The van der Waals surface area contributed by atoms with Gasteiger partial charge in [0.2, 0.25) is 5.91 Å². The molecule has 0 atom stereocenters. The minimum atomic E-state index is -0.276. The van der Waals surface area contributed by atoms with Crippen LogP contribution in [-0.4, -0.2) is 35.6 Å².